The topological polar surface area (TPSA) is 45.2 Å². The van der Waals surface area contributed by atoms with Crippen LogP contribution in [0.2, 0.25) is 0 Å². The lowest BCUT2D eigenvalue weighted by Crippen LogP contribution is -2.24. The van der Waals surface area contributed by atoms with E-state index in [1.54, 1.807) is 6.20 Å². The maximum atomic E-state index is 13.0. The second kappa shape index (κ2) is 8.57. The summed E-state index contributed by atoms with van der Waals surface area (Å²) in [5.41, 5.74) is 4.44. The monoisotopic (exact) mass is 381 g/mol. The zero-order valence-corrected chi connectivity index (χ0v) is 16.4. The number of rotatable bonds is 6. The van der Waals surface area contributed by atoms with Crippen LogP contribution in [0.3, 0.4) is 0 Å². The summed E-state index contributed by atoms with van der Waals surface area (Å²) in [5, 5.41) is 3.99. The average Bonchev–Trinajstić information content (AvgIpc) is 2.78. The second-order valence-corrected chi connectivity index (χ2v) is 7.05. The largest absolute Gasteiger partial charge is 0.374 e. The average molecular weight is 381 g/mol. The standard InChI is InChI=1S/C25H23N3O/c1-28(16-15-19-9-3-2-4-10-19)24-14-8-6-12-22(24)25(29)27-21-17-20-11-5-7-13-23(20)26-18-21/h2-14,17-18H,15-16H2,1H3,(H,27,29). The normalized spacial score (nSPS) is 10.7. The second-order valence-electron chi connectivity index (χ2n) is 7.05. The molecule has 0 fully saturated rings. The zero-order valence-electron chi connectivity index (χ0n) is 16.4. The molecule has 0 radical (unpaired) electrons. The third-order valence-electron chi connectivity index (χ3n) is 4.99. The van der Waals surface area contributed by atoms with E-state index in [4.69, 9.17) is 0 Å². The van der Waals surface area contributed by atoms with E-state index in [0.29, 0.717) is 11.3 Å². The number of amides is 1. The molecule has 4 nitrogen and oxygen atoms in total. The number of benzene rings is 3. The Balaban J connectivity index is 1.51. The summed E-state index contributed by atoms with van der Waals surface area (Å²) >= 11 is 0. The van der Waals surface area contributed by atoms with Gasteiger partial charge in [0.1, 0.15) is 0 Å². The lowest BCUT2D eigenvalue weighted by atomic mass is 10.1. The van der Waals surface area contributed by atoms with Crippen molar-refractivity contribution in [2.45, 2.75) is 6.42 Å². The Morgan fingerprint density at radius 1 is 0.931 bits per heavy atom. The Labute approximate surface area is 170 Å². The minimum Gasteiger partial charge on any atom is -0.374 e. The maximum Gasteiger partial charge on any atom is 0.257 e. The fourth-order valence-electron chi connectivity index (χ4n) is 3.40. The molecule has 144 valence electrons. The van der Waals surface area contributed by atoms with E-state index in [9.17, 15) is 4.79 Å². The van der Waals surface area contributed by atoms with Crippen LogP contribution in [-0.4, -0.2) is 24.5 Å². The van der Waals surface area contributed by atoms with E-state index in [1.807, 2.05) is 79.8 Å². The Hall–Kier alpha value is -3.66. The van der Waals surface area contributed by atoms with Crippen LogP contribution in [-0.2, 0) is 6.42 Å². The number of hydrogen-bond acceptors (Lipinski definition) is 3. The minimum atomic E-state index is -0.135. The predicted molar refractivity (Wildman–Crippen MR) is 120 cm³/mol. The molecule has 29 heavy (non-hydrogen) atoms. The van der Waals surface area contributed by atoms with E-state index in [1.165, 1.54) is 5.56 Å². The molecule has 0 bridgehead atoms. The van der Waals surface area contributed by atoms with Crippen LogP contribution >= 0.6 is 0 Å². The molecule has 4 aromatic rings. The highest BCUT2D eigenvalue weighted by atomic mass is 16.1. The summed E-state index contributed by atoms with van der Waals surface area (Å²) in [7, 11) is 2.02. The molecular weight excluding hydrogens is 358 g/mol. The molecule has 1 N–H and O–H groups in total. The highest BCUT2D eigenvalue weighted by Gasteiger charge is 2.14. The Morgan fingerprint density at radius 3 is 2.52 bits per heavy atom. The number of para-hydroxylation sites is 2. The van der Waals surface area contributed by atoms with Crippen molar-refractivity contribution in [3.63, 3.8) is 0 Å². The van der Waals surface area contributed by atoms with E-state index >= 15 is 0 Å². The van der Waals surface area contributed by atoms with Crippen LogP contribution in [0.15, 0.2) is 91.1 Å². The lowest BCUT2D eigenvalue weighted by Gasteiger charge is -2.22. The number of nitrogens with zero attached hydrogens (tertiary/aromatic N) is 2. The predicted octanol–water partition coefficient (Wildman–Crippen LogP) is 5.17. The van der Waals surface area contributed by atoms with Crippen molar-refractivity contribution in [3.8, 4) is 0 Å². The first-order valence-corrected chi connectivity index (χ1v) is 9.71. The highest BCUT2D eigenvalue weighted by molar-refractivity contribution is 6.08. The van der Waals surface area contributed by atoms with Crippen molar-refractivity contribution in [2.24, 2.45) is 0 Å². The molecule has 0 unspecified atom stereocenters. The smallest absolute Gasteiger partial charge is 0.257 e. The van der Waals surface area contributed by atoms with Gasteiger partial charge in [0, 0.05) is 24.7 Å². The van der Waals surface area contributed by atoms with E-state index in [0.717, 1.165) is 29.6 Å². The van der Waals surface area contributed by atoms with Crippen LogP contribution in [0.1, 0.15) is 15.9 Å². The molecule has 0 aliphatic carbocycles. The van der Waals surface area contributed by atoms with Crippen molar-refractivity contribution in [2.75, 3.05) is 23.8 Å². The molecule has 4 rings (SSSR count). The molecule has 0 aliphatic heterocycles. The summed E-state index contributed by atoms with van der Waals surface area (Å²) in [6, 6.07) is 27.9. The van der Waals surface area contributed by atoms with E-state index < -0.39 is 0 Å². The van der Waals surface area contributed by atoms with Crippen molar-refractivity contribution >= 4 is 28.2 Å². The molecule has 0 spiro atoms. The van der Waals surface area contributed by atoms with Gasteiger partial charge in [0.25, 0.3) is 5.91 Å². The summed E-state index contributed by atoms with van der Waals surface area (Å²) < 4.78 is 0. The van der Waals surface area contributed by atoms with Crippen LogP contribution in [0, 0.1) is 0 Å². The summed E-state index contributed by atoms with van der Waals surface area (Å²) in [6.07, 6.45) is 2.61. The number of carbonyl (C=O) groups excluding carboxylic acids is 1. The van der Waals surface area contributed by atoms with Gasteiger partial charge in [-0.3, -0.25) is 9.78 Å². The molecule has 0 saturated heterocycles. The van der Waals surface area contributed by atoms with Gasteiger partial charge < -0.3 is 10.2 Å². The zero-order chi connectivity index (χ0) is 20.1. The number of likely N-dealkylation sites (N-methyl/N-ethyl adjacent to an activating group) is 1. The van der Waals surface area contributed by atoms with E-state index in [2.05, 4.69) is 27.3 Å². The first kappa shape index (κ1) is 18.7. The molecule has 1 amide bonds. The first-order valence-electron chi connectivity index (χ1n) is 9.71. The first-order chi connectivity index (χ1) is 14.2. The van der Waals surface area contributed by atoms with Gasteiger partial charge in [0.05, 0.1) is 23.0 Å². The van der Waals surface area contributed by atoms with Gasteiger partial charge in [0.15, 0.2) is 0 Å². The Morgan fingerprint density at radius 2 is 1.66 bits per heavy atom. The number of pyridine rings is 1. The van der Waals surface area contributed by atoms with Gasteiger partial charge in [-0.1, -0.05) is 60.7 Å². The SMILES string of the molecule is CN(CCc1ccccc1)c1ccccc1C(=O)Nc1cnc2ccccc2c1. The summed E-state index contributed by atoms with van der Waals surface area (Å²) in [4.78, 5) is 19.5. The van der Waals surface area contributed by atoms with Crippen LogP contribution in [0.5, 0.6) is 0 Å². The minimum absolute atomic E-state index is 0.135. The van der Waals surface area contributed by atoms with Gasteiger partial charge in [-0.15, -0.1) is 0 Å². The van der Waals surface area contributed by atoms with Crippen LogP contribution in [0.4, 0.5) is 11.4 Å². The van der Waals surface area contributed by atoms with Crippen molar-refractivity contribution in [3.05, 3.63) is 102 Å². The molecule has 1 aromatic heterocycles. The van der Waals surface area contributed by atoms with Crippen molar-refractivity contribution < 1.29 is 4.79 Å². The number of aromatic nitrogens is 1. The van der Waals surface area contributed by atoms with Gasteiger partial charge in [-0.25, -0.2) is 0 Å². The van der Waals surface area contributed by atoms with Gasteiger partial charge in [-0.2, -0.15) is 0 Å². The molecule has 0 saturated carbocycles. The van der Waals surface area contributed by atoms with Crippen LogP contribution < -0.4 is 10.2 Å². The van der Waals surface area contributed by atoms with Gasteiger partial charge >= 0.3 is 0 Å². The summed E-state index contributed by atoms with van der Waals surface area (Å²) in [6.45, 7) is 0.825. The summed E-state index contributed by atoms with van der Waals surface area (Å²) in [5.74, 6) is -0.135. The molecule has 0 aliphatic rings. The van der Waals surface area contributed by atoms with Crippen molar-refractivity contribution in [1.29, 1.82) is 0 Å². The molecular formula is C25H23N3O. The third kappa shape index (κ3) is 4.43. The number of carbonyl (C=O) groups is 1. The third-order valence-corrected chi connectivity index (χ3v) is 4.99. The lowest BCUT2D eigenvalue weighted by molar-refractivity contribution is 0.102. The fourth-order valence-corrected chi connectivity index (χ4v) is 3.40. The van der Waals surface area contributed by atoms with Gasteiger partial charge in [0.2, 0.25) is 0 Å². The highest BCUT2D eigenvalue weighted by Crippen LogP contribution is 2.22. The molecule has 1 heterocycles. The Kier molecular flexibility index (Phi) is 5.52. The number of hydrogen-bond donors (Lipinski definition) is 1. The van der Waals surface area contributed by atoms with Gasteiger partial charge in [-0.05, 0) is 36.2 Å². The van der Waals surface area contributed by atoms with E-state index in [-0.39, 0.29) is 5.91 Å². The maximum absolute atomic E-state index is 13.0. The van der Waals surface area contributed by atoms with Crippen molar-refractivity contribution in [1.82, 2.24) is 4.98 Å². The fraction of sp³-hybridized carbons (Fsp3) is 0.120. The molecule has 0 atom stereocenters. The molecule has 4 heteroatoms. The van der Waals surface area contributed by atoms with Crippen LogP contribution in [0.25, 0.3) is 10.9 Å². The number of fused-ring (bicyclic) bond motifs is 1. The molecule has 3 aromatic carbocycles. The quantitative estimate of drug-likeness (QED) is 0.501. The number of anilines is 2. The Bertz CT molecular complexity index is 1120. The number of nitrogens with one attached hydrogen (secondary N) is 1.